The van der Waals surface area contributed by atoms with Gasteiger partial charge in [0.1, 0.15) is 13.2 Å². The monoisotopic (exact) mass is 306 g/mol. The van der Waals surface area contributed by atoms with Crippen LogP contribution in [0.2, 0.25) is 0 Å². The van der Waals surface area contributed by atoms with Crippen LogP contribution in [0.4, 0.5) is 0 Å². The number of ether oxygens (including phenoxy) is 3. The summed E-state index contributed by atoms with van der Waals surface area (Å²) in [7, 11) is 1.55. The highest BCUT2D eigenvalue weighted by atomic mass is 16.6. The number of nitrogens with one attached hydrogen (secondary N) is 1. The number of hydrogen-bond donors (Lipinski definition) is 2. The van der Waals surface area contributed by atoms with Gasteiger partial charge in [0.25, 0.3) is 5.91 Å². The van der Waals surface area contributed by atoms with Crippen molar-refractivity contribution >= 4 is 5.91 Å². The average molecular weight is 306 g/mol. The molecule has 1 aromatic rings. The van der Waals surface area contributed by atoms with E-state index in [1.165, 1.54) is 0 Å². The molecule has 0 radical (unpaired) electrons. The first-order chi connectivity index (χ1) is 10.7. The molecule has 0 aromatic heterocycles. The van der Waals surface area contributed by atoms with Crippen LogP contribution in [0.25, 0.3) is 0 Å². The summed E-state index contributed by atoms with van der Waals surface area (Å²) in [5.41, 5.74) is 6.42. The Hall–Kier alpha value is -1.95. The van der Waals surface area contributed by atoms with Crippen LogP contribution >= 0.6 is 0 Å². The van der Waals surface area contributed by atoms with Crippen LogP contribution in [0.1, 0.15) is 36.0 Å². The molecule has 1 aromatic carbocycles. The smallest absolute Gasteiger partial charge is 0.251 e. The van der Waals surface area contributed by atoms with E-state index in [1.807, 2.05) is 0 Å². The molecular weight excluding hydrogens is 284 g/mol. The lowest BCUT2D eigenvalue weighted by molar-refractivity contribution is 0.0924. The van der Waals surface area contributed by atoms with E-state index in [-0.39, 0.29) is 18.0 Å². The van der Waals surface area contributed by atoms with Gasteiger partial charge in [0.05, 0.1) is 7.11 Å². The van der Waals surface area contributed by atoms with Gasteiger partial charge in [-0.05, 0) is 37.8 Å². The fourth-order valence-electron chi connectivity index (χ4n) is 2.94. The second kappa shape index (κ2) is 6.44. The minimum Gasteiger partial charge on any atom is -0.493 e. The topological polar surface area (TPSA) is 82.8 Å². The molecule has 0 bridgehead atoms. The number of amides is 1. The highest BCUT2D eigenvalue weighted by Gasteiger charge is 2.24. The number of carbonyl (C=O) groups excluding carboxylic acids is 1. The number of nitrogens with two attached hydrogens (primary N) is 1. The Morgan fingerprint density at radius 1 is 1.23 bits per heavy atom. The minimum atomic E-state index is -0.115. The third kappa shape index (κ3) is 3.11. The zero-order chi connectivity index (χ0) is 15.5. The van der Waals surface area contributed by atoms with E-state index in [0.717, 1.165) is 25.7 Å². The first-order valence-electron chi connectivity index (χ1n) is 7.71. The molecule has 120 valence electrons. The van der Waals surface area contributed by atoms with Gasteiger partial charge in [-0.2, -0.15) is 0 Å². The summed E-state index contributed by atoms with van der Waals surface area (Å²) in [5.74, 6) is 1.53. The summed E-state index contributed by atoms with van der Waals surface area (Å²) in [6.07, 6.45) is 3.76. The molecule has 1 saturated carbocycles. The van der Waals surface area contributed by atoms with Crippen LogP contribution in [0.15, 0.2) is 12.1 Å². The van der Waals surface area contributed by atoms with E-state index in [2.05, 4.69) is 5.32 Å². The van der Waals surface area contributed by atoms with Gasteiger partial charge in [-0.1, -0.05) is 0 Å². The van der Waals surface area contributed by atoms with Gasteiger partial charge in [0, 0.05) is 17.6 Å². The fourth-order valence-corrected chi connectivity index (χ4v) is 2.94. The number of methoxy groups -OCH3 is 1. The van der Waals surface area contributed by atoms with Gasteiger partial charge in [0.15, 0.2) is 11.5 Å². The maximum atomic E-state index is 12.5. The molecule has 6 nitrogen and oxygen atoms in total. The summed E-state index contributed by atoms with van der Waals surface area (Å²) in [4.78, 5) is 12.5. The summed E-state index contributed by atoms with van der Waals surface area (Å²) < 4.78 is 16.4. The van der Waals surface area contributed by atoms with E-state index < -0.39 is 0 Å². The average Bonchev–Trinajstić information content (AvgIpc) is 2.55. The van der Waals surface area contributed by atoms with Gasteiger partial charge in [-0.15, -0.1) is 0 Å². The minimum absolute atomic E-state index is 0.115. The van der Waals surface area contributed by atoms with Crippen molar-refractivity contribution in [3.63, 3.8) is 0 Å². The Morgan fingerprint density at radius 2 is 1.95 bits per heavy atom. The molecule has 1 fully saturated rings. The molecule has 22 heavy (non-hydrogen) atoms. The lowest BCUT2D eigenvalue weighted by Crippen LogP contribution is -2.40. The van der Waals surface area contributed by atoms with Gasteiger partial charge in [0.2, 0.25) is 5.75 Å². The van der Waals surface area contributed by atoms with E-state index in [4.69, 9.17) is 19.9 Å². The van der Waals surface area contributed by atoms with Gasteiger partial charge in [-0.3, -0.25) is 4.79 Å². The van der Waals surface area contributed by atoms with Gasteiger partial charge < -0.3 is 25.3 Å². The summed E-state index contributed by atoms with van der Waals surface area (Å²) in [6.45, 7) is 0.957. The lowest BCUT2D eigenvalue weighted by atomic mass is 9.91. The van der Waals surface area contributed by atoms with Crippen LogP contribution in [0, 0.1) is 0 Å². The Bertz CT molecular complexity index is 536. The van der Waals surface area contributed by atoms with Crippen LogP contribution < -0.4 is 25.3 Å². The molecule has 1 aliphatic heterocycles. The number of rotatable bonds is 3. The molecule has 6 heteroatoms. The first kappa shape index (κ1) is 15.0. The quantitative estimate of drug-likeness (QED) is 0.883. The molecule has 0 unspecified atom stereocenters. The maximum absolute atomic E-state index is 12.5. The SMILES string of the molecule is COc1cc(C(=O)NC2CCC(N)CC2)cc2c1OCCO2. The van der Waals surface area contributed by atoms with Crippen molar-refractivity contribution in [1.29, 1.82) is 0 Å². The molecule has 3 rings (SSSR count). The highest BCUT2D eigenvalue weighted by Crippen LogP contribution is 2.40. The largest absolute Gasteiger partial charge is 0.493 e. The van der Waals surface area contributed by atoms with Crippen LogP contribution in [-0.2, 0) is 0 Å². The van der Waals surface area contributed by atoms with Gasteiger partial charge in [-0.25, -0.2) is 0 Å². The molecule has 3 N–H and O–H groups in total. The van der Waals surface area contributed by atoms with Crippen LogP contribution in [0.3, 0.4) is 0 Å². The predicted molar refractivity (Wildman–Crippen MR) is 81.7 cm³/mol. The molecule has 1 heterocycles. The number of carbonyl (C=O) groups is 1. The van der Waals surface area contributed by atoms with Crippen molar-refractivity contribution < 1.29 is 19.0 Å². The third-order valence-electron chi connectivity index (χ3n) is 4.20. The van der Waals surface area contributed by atoms with E-state index >= 15 is 0 Å². The normalized spacial score (nSPS) is 23.7. The third-order valence-corrected chi connectivity index (χ3v) is 4.20. The van der Waals surface area contributed by atoms with E-state index in [9.17, 15) is 4.79 Å². The molecular formula is C16H22N2O4. The molecule has 1 aliphatic carbocycles. The van der Waals surface area contributed by atoms with Crippen molar-refractivity contribution in [1.82, 2.24) is 5.32 Å². The Morgan fingerprint density at radius 3 is 2.68 bits per heavy atom. The molecule has 0 atom stereocenters. The van der Waals surface area contributed by atoms with Crippen LogP contribution in [-0.4, -0.2) is 38.3 Å². The predicted octanol–water partition coefficient (Wildman–Crippen LogP) is 1.47. The number of fused-ring (bicyclic) bond motifs is 1. The lowest BCUT2D eigenvalue weighted by Gasteiger charge is -2.27. The van der Waals surface area contributed by atoms with E-state index in [1.54, 1.807) is 19.2 Å². The standard InChI is InChI=1S/C16H22N2O4/c1-20-13-8-10(9-14-15(13)22-7-6-21-14)16(19)18-12-4-2-11(17)3-5-12/h8-9,11-12H,2-7,17H2,1H3,(H,18,19). The first-order valence-corrected chi connectivity index (χ1v) is 7.71. The fraction of sp³-hybridized carbons (Fsp3) is 0.562. The van der Waals surface area contributed by atoms with Crippen molar-refractivity contribution in [3.8, 4) is 17.2 Å². The highest BCUT2D eigenvalue weighted by molar-refractivity contribution is 5.95. The summed E-state index contributed by atoms with van der Waals surface area (Å²) >= 11 is 0. The van der Waals surface area contributed by atoms with Crippen molar-refractivity contribution in [2.45, 2.75) is 37.8 Å². The second-order valence-electron chi connectivity index (χ2n) is 5.79. The number of hydrogen-bond acceptors (Lipinski definition) is 5. The van der Waals surface area contributed by atoms with Crippen molar-refractivity contribution in [2.24, 2.45) is 5.73 Å². The molecule has 2 aliphatic rings. The molecule has 0 saturated heterocycles. The summed E-state index contributed by atoms with van der Waals surface area (Å²) in [6, 6.07) is 3.85. The molecule has 0 spiro atoms. The Kier molecular flexibility index (Phi) is 4.38. The Balaban J connectivity index is 1.74. The summed E-state index contributed by atoms with van der Waals surface area (Å²) in [5, 5.41) is 3.07. The molecule has 1 amide bonds. The van der Waals surface area contributed by atoms with Gasteiger partial charge >= 0.3 is 0 Å². The maximum Gasteiger partial charge on any atom is 0.251 e. The number of benzene rings is 1. The van der Waals surface area contributed by atoms with Crippen LogP contribution in [0.5, 0.6) is 17.2 Å². The zero-order valence-electron chi connectivity index (χ0n) is 12.8. The van der Waals surface area contributed by atoms with E-state index in [0.29, 0.717) is 36.0 Å². The Labute approximate surface area is 129 Å². The zero-order valence-corrected chi connectivity index (χ0v) is 12.8. The van der Waals surface area contributed by atoms with Crippen molar-refractivity contribution in [3.05, 3.63) is 17.7 Å². The van der Waals surface area contributed by atoms with Crippen molar-refractivity contribution in [2.75, 3.05) is 20.3 Å². The second-order valence-corrected chi connectivity index (χ2v) is 5.79.